The molecule has 1 aliphatic heterocycles. The molecule has 0 spiro atoms. The number of nitrogens with zero attached hydrogens (tertiary/aromatic N) is 6. The highest BCUT2D eigenvalue weighted by molar-refractivity contribution is 7.99. The summed E-state index contributed by atoms with van der Waals surface area (Å²) in [6.07, 6.45) is 4.85. The second kappa shape index (κ2) is 8.61. The van der Waals surface area contributed by atoms with E-state index in [1.807, 2.05) is 0 Å². The zero-order chi connectivity index (χ0) is 23.1. The van der Waals surface area contributed by atoms with Crippen LogP contribution in [-0.2, 0) is 0 Å². The zero-order valence-corrected chi connectivity index (χ0v) is 19.1. The number of aromatic nitrogens is 4. The van der Waals surface area contributed by atoms with Crippen LogP contribution < -0.4 is 0 Å². The molecule has 0 radical (unpaired) electrons. The lowest BCUT2D eigenvalue weighted by atomic mass is 10.1. The third-order valence-corrected chi connectivity index (χ3v) is 7.19. The SMILES string of the molecule is Cc1nn(C2CCN(C)CC2)c(F)c1-c1cc(Sc2ccccc2F)c2c(C#N)cnn2c1. The van der Waals surface area contributed by atoms with Gasteiger partial charge in [-0.3, -0.25) is 0 Å². The molecule has 0 N–H and O–H groups in total. The number of nitriles is 1. The van der Waals surface area contributed by atoms with Gasteiger partial charge in [0.1, 0.15) is 11.9 Å². The Balaban J connectivity index is 1.63. The lowest BCUT2D eigenvalue weighted by Crippen LogP contribution is -2.32. The standard InChI is InChI=1S/C24H22F2N6S/c1-15-22(24(26)32(29-15)18-7-9-30(2)10-8-18)16-11-21(33-20-6-4-3-5-19(20)25)23-17(12-27)13-28-31(23)14-16/h3-6,11,13-14,18H,7-10H2,1-2H3. The third kappa shape index (κ3) is 3.90. The highest BCUT2D eigenvalue weighted by Crippen LogP contribution is 2.38. The fraction of sp³-hybridized carbons (Fsp3) is 0.292. The summed E-state index contributed by atoms with van der Waals surface area (Å²) in [6, 6.07) is 10.4. The first-order valence-electron chi connectivity index (χ1n) is 10.7. The number of likely N-dealkylation sites (tertiary alicyclic amines) is 1. The number of rotatable bonds is 4. The van der Waals surface area contributed by atoms with Gasteiger partial charge in [-0.15, -0.1) is 0 Å². The molecule has 0 saturated carbocycles. The smallest absolute Gasteiger partial charge is 0.219 e. The number of fused-ring (bicyclic) bond motifs is 1. The summed E-state index contributed by atoms with van der Waals surface area (Å²) in [4.78, 5) is 3.27. The number of hydrogen-bond acceptors (Lipinski definition) is 5. The van der Waals surface area contributed by atoms with E-state index in [1.54, 1.807) is 41.9 Å². The van der Waals surface area contributed by atoms with Gasteiger partial charge in [-0.05, 0) is 58.1 Å². The molecule has 0 bridgehead atoms. The topological polar surface area (TPSA) is 62.2 Å². The quantitative estimate of drug-likeness (QED) is 0.422. The van der Waals surface area contributed by atoms with E-state index < -0.39 is 0 Å². The van der Waals surface area contributed by atoms with Crippen molar-refractivity contribution in [3.05, 3.63) is 65.7 Å². The van der Waals surface area contributed by atoms with Gasteiger partial charge in [-0.25, -0.2) is 13.6 Å². The van der Waals surface area contributed by atoms with Crippen molar-refractivity contribution in [1.82, 2.24) is 24.3 Å². The Kier molecular flexibility index (Phi) is 5.64. The minimum absolute atomic E-state index is 0.0135. The van der Waals surface area contributed by atoms with Gasteiger partial charge >= 0.3 is 0 Å². The van der Waals surface area contributed by atoms with Crippen LogP contribution in [0.25, 0.3) is 16.6 Å². The third-order valence-electron chi connectivity index (χ3n) is 6.10. The molecular weight excluding hydrogens is 442 g/mol. The molecule has 1 saturated heterocycles. The lowest BCUT2D eigenvalue weighted by molar-refractivity contribution is 0.200. The van der Waals surface area contributed by atoms with Gasteiger partial charge in [0.2, 0.25) is 5.95 Å². The van der Waals surface area contributed by atoms with Crippen LogP contribution in [-0.4, -0.2) is 44.4 Å². The summed E-state index contributed by atoms with van der Waals surface area (Å²) in [6.45, 7) is 3.59. The van der Waals surface area contributed by atoms with Gasteiger partial charge in [0, 0.05) is 21.6 Å². The van der Waals surface area contributed by atoms with Crippen LogP contribution in [0.2, 0.25) is 0 Å². The first kappa shape index (κ1) is 21.6. The van der Waals surface area contributed by atoms with E-state index in [4.69, 9.17) is 0 Å². The van der Waals surface area contributed by atoms with Crippen molar-refractivity contribution in [1.29, 1.82) is 5.26 Å². The maximum Gasteiger partial charge on any atom is 0.219 e. The van der Waals surface area contributed by atoms with E-state index in [0.29, 0.717) is 37.7 Å². The zero-order valence-electron chi connectivity index (χ0n) is 18.3. The van der Waals surface area contributed by atoms with Crippen LogP contribution in [0, 0.1) is 30.0 Å². The van der Waals surface area contributed by atoms with Crippen molar-refractivity contribution < 1.29 is 8.78 Å². The molecule has 1 aliphatic rings. The van der Waals surface area contributed by atoms with Crippen LogP contribution in [0.5, 0.6) is 0 Å². The lowest BCUT2D eigenvalue weighted by Gasteiger charge is -2.29. The number of pyridine rings is 1. The molecule has 5 rings (SSSR count). The van der Waals surface area contributed by atoms with E-state index in [1.165, 1.54) is 28.7 Å². The highest BCUT2D eigenvalue weighted by atomic mass is 32.2. The predicted octanol–water partition coefficient (Wildman–Crippen LogP) is 5.07. The Hall–Kier alpha value is -3.22. The Morgan fingerprint density at radius 1 is 1.15 bits per heavy atom. The second-order valence-corrected chi connectivity index (χ2v) is 9.40. The normalized spacial score (nSPS) is 15.2. The summed E-state index contributed by atoms with van der Waals surface area (Å²) in [5.74, 6) is -0.738. The average molecular weight is 465 g/mol. The molecule has 0 aliphatic carbocycles. The van der Waals surface area contributed by atoms with E-state index in [0.717, 1.165) is 25.9 Å². The maximum absolute atomic E-state index is 15.7. The van der Waals surface area contributed by atoms with Crippen LogP contribution in [0.4, 0.5) is 8.78 Å². The number of aryl methyl sites for hydroxylation is 1. The molecule has 0 amide bonds. The molecule has 33 heavy (non-hydrogen) atoms. The van der Waals surface area contributed by atoms with Gasteiger partial charge in [0.05, 0.1) is 34.6 Å². The molecule has 0 unspecified atom stereocenters. The van der Waals surface area contributed by atoms with Gasteiger partial charge in [-0.2, -0.15) is 19.8 Å². The molecular formula is C24H22F2N6S. The number of halogens is 2. The molecule has 6 nitrogen and oxygen atoms in total. The van der Waals surface area contributed by atoms with Gasteiger partial charge in [-0.1, -0.05) is 23.9 Å². The number of hydrogen-bond donors (Lipinski definition) is 0. The first-order valence-corrected chi connectivity index (χ1v) is 11.5. The van der Waals surface area contributed by atoms with Crippen LogP contribution in [0.1, 0.15) is 30.1 Å². The average Bonchev–Trinajstić information content (AvgIpc) is 3.36. The minimum Gasteiger partial charge on any atom is -0.306 e. The molecule has 168 valence electrons. The minimum atomic E-state index is -0.379. The van der Waals surface area contributed by atoms with Crippen molar-refractivity contribution in [3.8, 4) is 17.2 Å². The van der Waals surface area contributed by atoms with E-state index in [9.17, 15) is 9.65 Å². The fourth-order valence-electron chi connectivity index (χ4n) is 4.36. The van der Waals surface area contributed by atoms with Crippen LogP contribution in [0.3, 0.4) is 0 Å². The van der Waals surface area contributed by atoms with Crippen molar-refractivity contribution in [2.45, 2.75) is 35.6 Å². The maximum atomic E-state index is 15.7. The van der Waals surface area contributed by atoms with Gasteiger partial charge in [0.15, 0.2) is 0 Å². The molecule has 0 atom stereocenters. The van der Waals surface area contributed by atoms with E-state index in [2.05, 4.69) is 28.2 Å². The molecule has 4 heterocycles. The number of piperidine rings is 1. The summed E-state index contributed by atoms with van der Waals surface area (Å²) in [7, 11) is 2.07. The van der Waals surface area contributed by atoms with Crippen molar-refractivity contribution in [2.75, 3.05) is 20.1 Å². The Labute approximate surface area is 194 Å². The molecule has 4 aromatic rings. The Morgan fingerprint density at radius 3 is 2.64 bits per heavy atom. The summed E-state index contributed by atoms with van der Waals surface area (Å²) >= 11 is 1.19. The Morgan fingerprint density at radius 2 is 1.91 bits per heavy atom. The van der Waals surface area contributed by atoms with E-state index in [-0.39, 0.29) is 17.8 Å². The molecule has 1 fully saturated rings. The summed E-state index contributed by atoms with van der Waals surface area (Å²) in [5.41, 5.74) is 2.51. The van der Waals surface area contributed by atoms with E-state index >= 15 is 4.39 Å². The second-order valence-electron chi connectivity index (χ2n) is 8.32. The molecule has 9 heteroatoms. The molecule has 1 aromatic carbocycles. The van der Waals surface area contributed by atoms with Crippen molar-refractivity contribution >= 4 is 17.3 Å². The summed E-state index contributed by atoms with van der Waals surface area (Å²) in [5, 5.41) is 18.4. The largest absolute Gasteiger partial charge is 0.306 e. The first-order chi connectivity index (χ1) is 16.0. The monoisotopic (exact) mass is 464 g/mol. The number of benzene rings is 1. The summed E-state index contributed by atoms with van der Waals surface area (Å²) < 4.78 is 33.1. The van der Waals surface area contributed by atoms with Crippen molar-refractivity contribution in [2.24, 2.45) is 0 Å². The Bertz CT molecular complexity index is 1380. The molecule has 3 aromatic heterocycles. The van der Waals surface area contributed by atoms with Crippen molar-refractivity contribution in [3.63, 3.8) is 0 Å². The van der Waals surface area contributed by atoms with Crippen LogP contribution >= 0.6 is 11.8 Å². The fourth-order valence-corrected chi connectivity index (χ4v) is 5.39. The predicted molar refractivity (Wildman–Crippen MR) is 122 cm³/mol. The van der Waals surface area contributed by atoms with Gasteiger partial charge in [0.25, 0.3) is 0 Å². The van der Waals surface area contributed by atoms with Crippen LogP contribution in [0.15, 0.2) is 52.5 Å². The highest BCUT2D eigenvalue weighted by Gasteiger charge is 2.26. The van der Waals surface area contributed by atoms with Gasteiger partial charge < -0.3 is 4.90 Å².